The standard InChI is InChI=1S/C30H30N2O4S2/c1-23-11-15-29(16-12-23)37(33,34)31-19-25-7-3-5-9-27(25)21-32(22-28-10-6-4-8-26(28)20-31)38(35,36)30-17-13-24(2)14-18-30/h3-18H,19-22H2,1-2H3. The summed E-state index contributed by atoms with van der Waals surface area (Å²) in [4.78, 5) is 0.470. The molecule has 196 valence electrons. The van der Waals surface area contributed by atoms with E-state index in [4.69, 9.17) is 0 Å². The smallest absolute Gasteiger partial charge is 0.207 e. The van der Waals surface area contributed by atoms with E-state index < -0.39 is 20.0 Å². The summed E-state index contributed by atoms with van der Waals surface area (Å²) in [5.74, 6) is 0. The van der Waals surface area contributed by atoms with Gasteiger partial charge in [-0.15, -0.1) is 0 Å². The Morgan fingerprint density at radius 1 is 0.447 bits per heavy atom. The number of hydrogen-bond acceptors (Lipinski definition) is 4. The van der Waals surface area contributed by atoms with Crippen LogP contribution in [0.2, 0.25) is 0 Å². The molecule has 0 aliphatic carbocycles. The van der Waals surface area contributed by atoms with E-state index >= 15 is 0 Å². The topological polar surface area (TPSA) is 74.8 Å². The fraction of sp³-hybridized carbons (Fsp3) is 0.200. The van der Waals surface area contributed by atoms with Gasteiger partial charge in [-0.1, -0.05) is 83.9 Å². The molecule has 0 atom stereocenters. The molecule has 1 aliphatic rings. The summed E-state index contributed by atoms with van der Waals surface area (Å²) in [5.41, 5.74) is 5.04. The van der Waals surface area contributed by atoms with Gasteiger partial charge in [-0.05, 0) is 60.4 Å². The van der Waals surface area contributed by atoms with Crippen LogP contribution in [0.15, 0.2) is 107 Å². The number of nitrogens with zero attached hydrogens (tertiary/aromatic N) is 2. The lowest BCUT2D eigenvalue weighted by Gasteiger charge is -2.30. The SMILES string of the molecule is Cc1ccc(S(=O)(=O)N2Cc3ccccc3CN(S(=O)(=O)c3ccc(C)cc3)Cc3ccccc3C2)cc1. The van der Waals surface area contributed by atoms with Crippen molar-refractivity contribution >= 4 is 20.0 Å². The summed E-state index contributed by atoms with van der Waals surface area (Å²) in [5, 5.41) is 0. The highest BCUT2D eigenvalue weighted by molar-refractivity contribution is 7.89. The van der Waals surface area contributed by atoms with E-state index in [-0.39, 0.29) is 36.0 Å². The molecule has 6 nitrogen and oxygen atoms in total. The minimum atomic E-state index is -3.82. The van der Waals surface area contributed by atoms with E-state index in [2.05, 4.69) is 0 Å². The van der Waals surface area contributed by atoms with Crippen molar-refractivity contribution in [3.63, 3.8) is 0 Å². The van der Waals surface area contributed by atoms with E-state index in [0.717, 1.165) is 33.4 Å². The Labute approximate surface area is 225 Å². The lowest BCUT2D eigenvalue weighted by atomic mass is 10.0. The lowest BCUT2D eigenvalue weighted by Crippen LogP contribution is -2.35. The summed E-state index contributed by atoms with van der Waals surface area (Å²) >= 11 is 0. The second-order valence-electron chi connectivity index (χ2n) is 9.71. The van der Waals surface area contributed by atoms with Crippen LogP contribution in [-0.2, 0) is 46.2 Å². The van der Waals surface area contributed by atoms with Crippen molar-refractivity contribution in [1.29, 1.82) is 0 Å². The van der Waals surface area contributed by atoms with Crippen molar-refractivity contribution in [2.45, 2.75) is 49.8 Å². The third-order valence-corrected chi connectivity index (χ3v) is 10.6. The van der Waals surface area contributed by atoms with Gasteiger partial charge in [0, 0.05) is 26.2 Å². The summed E-state index contributed by atoms with van der Waals surface area (Å²) in [6.45, 7) is 4.34. The van der Waals surface area contributed by atoms with Crippen molar-refractivity contribution in [3.05, 3.63) is 130 Å². The largest absolute Gasteiger partial charge is 0.243 e. The highest BCUT2D eigenvalue weighted by atomic mass is 32.2. The molecule has 4 aromatic rings. The van der Waals surface area contributed by atoms with Crippen molar-refractivity contribution in [3.8, 4) is 0 Å². The molecule has 0 saturated heterocycles. The molecule has 38 heavy (non-hydrogen) atoms. The maximum atomic E-state index is 13.8. The third-order valence-electron chi connectivity index (χ3n) is 6.94. The molecule has 0 unspecified atom stereocenters. The highest BCUT2D eigenvalue weighted by Crippen LogP contribution is 2.29. The maximum absolute atomic E-state index is 13.8. The van der Waals surface area contributed by atoms with Crippen molar-refractivity contribution in [1.82, 2.24) is 8.61 Å². The molecular weight excluding hydrogens is 516 g/mol. The Balaban J connectivity index is 1.62. The fourth-order valence-corrected chi connectivity index (χ4v) is 7.45. The lowest BCUT2D eigenvalue weighted by molar-refractivity contribution is 0.369. The molecule has 1 heterocycles. The van der Waals surface area contributed by atoms with Crippen LogP contribution in [0.5, 0.6) is 0 Å². The fourth-order valence-electron chi connectivity index (χ4n) is 4.66. The van der Waals surface area contributed by atoms with Crippen LogP contribution in [0.4, 0.5) is 0 Å². The van der Waals surface area contributed by atoms with Gasteiger partial charge in [0.05, 0.1) is 9.79 Å². The van der Waals surface area contributed by atoms with E-state index in [1.165, 1.54) is 8.61 Å². The first-order valence-corrected chi connectivity index (χ1v) is 15.3. The van der Waals surface area contributed by atoms with Gasteiger partial charge in [-0.3, -0.25) is 0 Å². The van der Waals surface area contributed by atoms with Gasteiger partial charge in [0.1, 0.15) is 0 Å². The molecule has 1 aliphatic heterocycles. The Hall–Kier alpha value is -3.30. The van der Waals surface area contributed by atoms with Gasteiger partial charge in [0.25, 0.3) is 0 Å². The van der Waals surface area contributed by atoms with E-state index in [1.807, 2.05) is 62.4 Å². The molecule has 0 bridgehead atoms. The average Bonchev–Trinajstić information content (AvgIpc) is 2.90. The van der Waals surface area contributed by atoms with Crippen molar-refractivity contribution < 1.29 is 16.8 Å². The van der Waals surface area contributed by atoms with Gasteiger partial charge in [0.15, 0.2) is 0 Å². The van der Waals surface area contributed by atoms with E-state index in [9.17, 15) is 16.8 Å². The Kier molecular flexibility index (Phi) is 7.24. The minimum Gasteiger partial charge on any atom is -0.207 e. The minimum absolute atomic E-state index is 0.124. The third kappa shape index (κ3) is 5.31. The van der Waals surface area contributed by atoms with Crippen molar-refractivity contribution in [2.75, 3.05) is 0 Å². The number of fused-ring (bicyclic) bond motifs is 2. The molecule has 8 heteroatoms. The molecule has 0 radical (unpaired) electrons. The molecule has 0 aromatic heterocycles. The Bertz CT molecular complexity index is 1490. The Morgan fingerprint density at radius 2 is 0.711 bits per heavy atom. The zero-order valence-electron chi connectivity index (χ0n) is 21.4. The molecule has 5 rings (SSSR count). The molecular formula is C30H30N2O4S2. The van der Waals surface area contributed by atoms with Crippen LogP contribution < -0.4 is 0 Å². The Morgan fingerprint density at radius 3 is 0.974 bits per heavy atom. The van der Waals surface area contributed by atoms with Gasteiger partial charge in [-0.25, -0.2) is 16.8 Å². The first kappa shape index (κ1) is 26.3. The quantitative estimate of drug-likeness (QED) is 0.344. The van der Waals surface area contributed by atoms with E-state index in [1.54, 1.807) is 48.5 Å². The highest BCUT2D eigenvalue weighted by Gasteiger charge is 2.31. The molecule has 0 spiro atoms. The van der Waals surface area contributed by atoms with Gasteiger partial charge < -0.3 is 0 Å². The predicted octanol–water partition coefficient (Wildman–Crippen LogP) is 5.40. The summed E-state index contributed by atoms with van der Waals surface area (Å²) in [6.07, 6.45) is 0. The first-order chi connectivity index (χ1) is 18.1. The summed E-state index contributed by atoms with van der Waals surface area (Å²) in [7, 11) is -7.64. The summed E-state index contributed by atoms with van der Waals surface area (Å²) in [6, 6.07) is 28.6. The van der Waals surface area contributed by atoms with Crippen molar-refractivity contribution in [2.24, 2.45) is 0 Å². The van der Waals surface area contributed by atoms with Crippen LogP contribution in [0.25, 0.3) is 0 Å². The number of benzene rings is 4. The van der Waals surface area contributed by atoms with Crippen LogP contribution in [0.3, 0.4) is 0 Å². The zero-order chi connectivity index (χ0) is 26.9. The van der Waals surface area contributed by atoms with Crippen LogP contribution in [-0.4, -0.2) is 25.4 Å². The van der Waals surface area contributed by atoms with Crippen LogP contribution >= 0.6 is 0 Å². The zero-order valence-corrected chi connectivity index (χ0v) is 23.0. The normalized spacial score (nSPS) is 15.4. The maximum Gasteiger partial charge on any atom is 0.243 e. The number of rotatable bonds is 4. The second kappa shape index (κ2) is 10.5. The first-order valence-electron chi connectivity index (χ1n) is 12.4. The number of sulfonamides is 2. The van der Waals surface area contributed by atoms with Crippen LogP contribution in [0.1, 0.15) is 33.4 Å². The monoisotopic (exact) mass is 546 g/mol. The molecule has 0 N–H and O–H groups in total. The molecule has 0 fully saturated rings. The van der Waals surface area contributed by atoms with E-state index in [0.29, 0.717) is 0 Å². The molecule has 0 amide bonds. The molecule has 0 saturated carbocycles. The number of aryl methyl sites for hydroxylation is 2. The average molecular weight is 547 g/mol. The van der Waals surface area contributed by atoms with Crippen LogP contribution in [0, 0.1) is 13.8 Å². The van der Waals surface area contributed by atoms with Gasteiger partial charge in [0.2, 0.25) is 20.0 Å². The predicted molar refractivity (Wildman–Crippen MR) is 148 cm³/mol. The van der Waals surface area contributed by atoms with Gasteiger partial charge >= 0.3 is 0 Å². The second-order valence-corrected chi connectivity index (χ2v) is 13.6. The molecule has 4 aromatic carbocycles. The summed E-state index contributed by atoms with van der Waals surface area (Å²) < 4.78 is 58.3. The number of hydrogen-bond donors (Lipinski definition) is 0. The van der Waals surface area contributed by atoms with Gasteiger partial charge in [-0.2, -0.15) is 8.61 Å².